The molecule has 0 aliphatic rings. The lowest BCUT2D eigenvalue weighted by molar-refractivity contribution is 0.216. The first-order valence-electron chi connectivity index (χ1n) is 6.23. The number of aliphatic hydroxyl groups is 1. The van der Waals surface area contributed by atoms with Crippen molar-refractivity contribution in [2.75, 3.05) is 0 Å². The summed E-state index contributed by atoms with van der Waals surface area (Å²) in [6.07, 6.45) is -0.167. The van der Waals surface area contributed by atoms with Crippen molar-refractivity contribution in [2.24, 2.45) is 0 Å². The molecule has 0 amide bonds. The maximum Gasteiger partial charge on any atom is 0.0483 e. The largest absolute Gasteiger partial charge is 0.412 e. The molecule has 0 spiro atoms. The van der Waals surface area contributed by atoms with Crippen molar-refractivity contribution in [1.82, 2.24) is 0 Å². The van der Waals surface area contributed by atoms with Gasteiger partial charge in [0.2, 0.25) is 0 Å². The van der Waals surface area contributed by atoms with Crippen LogP contribution in [0.5, 0.6) is 0 Å². The molecule has 0 saturated heterocycles. The molecule has 0 radical (unpaired) electrons. The molecular formula is C17H20O2. The lowest BCUT2D eigenvalue weighted by Gasteiger charge is -2.02. The molecule has 0 saturated carbocycles. The van der Waals surface area contributed by atoms with E-state index in [1.54, 1.807) is 13.8 Å². The van der Waals surface area contributed by atoms with E-state index in [1.807, 2.05) is 0 Å². The summed E-state index contributed by atoms with van der Waals surface area (Å²) < 4.78 is 0. The van der Waals surface area contributed by atoms with Gasteiger partial charge in [0.25, 0.3) is 0 Å². The smallest absolute Gasteiger partial charge is 0.0483 e. The van der Waals surface area contributed by atoms with Crippen LogP contribution >= 0.6 is 0 Å². The molecule has 0 unspecified atom stereocenters. The molecule has 0 aliphatic heterocycles. The third kappa shape index (κ3) is 3.78. The van der Waals surface area contributed by atoms with Crippen LogP contribution in [-0.4, -0.2) is 16.7 Å². The summed E-state index contributed by atoms with van der Waals surface area (Å²) in [7, 11) is 0. The van der Waals surface area contributed by atoms with Crippen LogP contribution in [0, 0.1) is 0 Å². The lowest BCUT2D eigenvalue weighted by atomic mass is 10.0. The molecule has 3 N–H and O–H groups in total. The standard InChI is InChI=1S/C14H10.C3H8O.H2O/c1-3-7-13-11(5-1)9-10-12-6-2-4-8-14(12)13;1-3(2)4;/h1-10H;3-4H,1-2H3;1H2. The van der Waals surface area contributed by atoms with E-state index in [0.717, 1.165) is 0 Å². The number of aliphatic hydroxyl groups excluding tert-OH is 1. The van der Waals surface area contributed by atoms with Gasteiger partial charge in [-0.3, -0.25) is 0 Å². The Morgan fingerprint density at radius 2 is 1.00 bits per heavy atom. The van der Waals surface area contributed by atoms with Crippen LogP contribution in [0.1, 0.15) is 13.8 Å². The Morgan fingerprint density at radius 1 is 0.684 bits per heavy atom. The summed E-state index contributed by atoms with van der Waals surface area (Å²) in [5.74, 6) is 0. The highest BCUT2D eigenvalue weighted by molar-refractivity contribution is 6.07. The zero-order valence-electron chi connectivity index (χ0n) is 11.3. The summed E-state index contributed by atoms with van der Waals surface area (Å²) in [5.41, 5.74) is 0. The number of hydrogen-bond acceptors (Lipinski definition) is 1. The minimum atomic E-state index is -0.167. The number of hydrogen-bond donors (Lipinski definition) is 1. The van der Waals surface area contributed by atoms with E-state index in [0.29, 0.717) is 0 Å². The molecule has 19 heavy (non-hydrogen) atoms. The highest BCUT2D eigenvalue weighted by Crippen LogP contribution is 2.24. The highest BCUT2D eigenvalue weighted by atomic mass is 16.3. The third-order valence-electron chi connectivity index (χ3n) is 2.65. The van der Waals surface area contributed by atoms with Crippen LogP contribution in [0.3, 0.4) is 0 Å². The minimum Gasteiger partial charge on any atom is -0.412 e. The first-order chi connectivity index (χ1) is 8.68. The van der Waals surface area contributed by atoms with Gasteiger partial charge in [0.05, 0.1) is 0 Å². The van der Waals surface area contributed by atoms with Gasteiger partial charge in [-0.15, -0.1) is 0 Å². The van der Waals surface area contributed by atoms with E-state index < -0.39 is 0 Å². The maximum absolute atomic E-state index is 8.06. The number of fused-ring (bicyclic) bond motifs is 3. The van der Waals surface area contributed by atoms with Crippen LogP contribution in [0.4, 0.5) is 0 Å². The van der Waals surface area contributed by atoms with Gasteiger partial charge in [0.1, 0.15) is 0 Å². The average molecular weight is 256 g/mol. The SMILES string of the molecule is CC(C)O.O.c1ccc2c(c1)ccc1ccccc12. The predicted molar refractivity (Wildman–Crippen MR) is 82.4 cm³/mol. The Hall–Kier alpha value is -1.90. The molecule has 2 heteroatoms. The average Bonchev–Trinajstić information content (AvgIpc) is 2.38. The van der Waals surface area contributed by atoms with E-state index in [1.165, 1.54) is 21.5 Å². The molecule has 0 aliphatic carbocycles. The van der Waals surface area contributed by atoms with E-state index >= 15 is 0 Å². The summed E-state index contributed by atoms with van der Waals surface area (Å²) in [5, 5.41) is 13.4. The quantitative estimate of drug-likeness (QED) is 0.614. The van der Waals surface area contributed by atoms with Gasteiger partial charge in [-0.25, -0.2) is 0 Å². The molecule has 0 bridgehead atoms. The van der Waals surface area contributed by atoms with E-state index in [9.17, 15) is 0 Å². The normalized spacial score (nSPS) is 9.89. The third-order valence-corrected chi connectivity index (χ3v) is 2.65. The Morgan fingerprint density at radius 3 is 1.37 bits per heavy atom. The Labute approximate surface area is 113 Å². The van der Waals surface area contributed by atoms with Gasteiger partial charge >= 0.3 is 0 Å². The van der Waals surface area contributed by atoms with Crippen molar-refractivity contribution in [3.05, 3.63) is 60.7 Å². The molecular weight excluding hydrogens is 236 g/mol. The molecule has 0 atom stereocenters. The van der Waals surface area contributed by atoms with E-state index in [2.05, 4.69) is 60.7 Å². The molecule has 3 rings (SSSR count). The minimum absolute atomic E-state index is 0. The van der Waals surface area contributed by atoms with Crippen molar-refractivity contribution < 1.29 is 10.6 Å². The number of benzene rings is 3. The second-order valence-electron chi connectivity index (χ2n) is 4.60. The second-order valence-corrected chi connectivity index (χ2v) is 4.60. The zero-order valence-corrected chi connectivity index (χ0v) is 11.3. The first-order valence-corrected chi connectivity index (χ1v) is 6.23. The van der Waals surface area contributed by atoms with Gasteiger partial charge in [-0.1, -0.05) is 60.7 Å². The van der Waals surface area contributed by atoms with Crippen molar-refractivity contribution in [3.8, 4) is 0 Å². The van der Waals surface area contributed by atoms with Crippen LogP contribution in [0.15, 0.2) is 60.7 Å². The Balaban J connectivity index is 0.000000323. The Kier molecular flexibility index (Phi) is 5.49. The fourth-order valence-corrected chi connectivity index (χ4v) is 1.95. The molecule has 0 aromatic heterocycles. The van der Waals surface area contributed by atoms with Crippen molar-refractivity contribution >= 4 is 21.5 Å². The zero-order chi connectivity index (χ0) is 13.0. The topological polar surface area (TPSA) is 51.7 Å². The predicted octanol–water partition coefficient (Wildman–Crippen LogP) is 3.56. The summed E-state index contributed by atoms with van der Waals surface area (Å²) >= 11 is 0. The van der Waals surface area contributed by atoms with Crippen LogP contribution < -0.4 is 0 Å². The monoisotopic (exact) mass is 256 g/mol. The fourth-order valence-electron chi connectivity index (χ4n) is 1.95. The van der Waals surface area contributed by atoms with Crippen LogP contribution in [0.2, 0.25) is 0 Å². The lowest BCUT2D eigenvalue weighted by Crippen LogP contribution is -1.85. The Bertz CT molecular complexity index is 587. The number of rotatable bonds is 0. The summed E-state index contributed by atoms with van der Waals surface area (Å²) in [4.78, 5) is 0. The molecule has 100 valence electrons. The summed E-state index contributed by atoms with van der Waals surface area (Å²) in [6.45, 7) is 3.44. The molecule has 0 heterocycles. The fraction of sp³-hybridized carbons (Fsp3) is 0.176. The molecule has 2 nitrogen and oxygen atoms in total. The van der Waals surface area contributed by atoms with Gasteiger partial charge < -0.3 is 10.6 Å². The van der Waals surface area contributed by atoms with Gasteiger partial charge in [-0.2, -0.15) is 0 Å². The summed E-state index contributed by atoms with van der Waals surface area (Å²) in [6, 6.07) is 21.4. The maximum atomic E-state index is 8.06. The molecule has 0 fully saturated rings. The highest BCUT2D eigenvalue weighted by Gasteiger charge is 1.97. The second kappa shape index (κ2) is 6.88. The molecule has 3 aromatic rings. The first kappa shape index (κ1) is 15.2. The van der Waals surface area contributed by atoms with Crippen molar-refractivity contribution in [3.63, 3.8) is 0 Å². The molecule has 3 aromatic carbocycles. The van der Waals surface area contributed by atoms with Gasteiger partial charge in [-0.05, 0) is 35.4 Å². The van der Waals surface area contributed by atoms with Crippen LogP contribution in [0.25, 0.3) is 21.5 Å². The van der Waals surface area contributed by atoms with Crippen molar-refractivity contribution in [2.45, 2.75) is 20.0 Å². The van der Waals surface area contributed by atoms with Gasteiger partial charge in [0, 0.05) is 6.10 Å². The van der Waals surface area contributed by atoms with Crippen LogP contribution in [-0.2, 0) is 0 Å². The van der Waals surface area contributed by atoms with E-state index in [-0.39, 0.29) is 11.6 Å². The van der Waals surface area contributed by atoms with Crippen molar-refractivity contribution in [1.29, 1.82) is 0 Å². The van der Waals surface area contributed by atoms with E-state index in [4.69, 9.17) is 5.11 Å². The van der Waals surface area contributed by atoms with Gasteiger partial charge in [0.15, 0.2) is 0 Å².